The maximum Gasteiger partial charge on any atom is 0.0233 e. The fourth-order valence-electron chi connectivity index (χ4n) is 2.23. The Morgan fingerprint density at radius 1 is 1.31 bits per heavy atom. The summed E-state index contributed by atoms with van der Waals surface area (Å²) in [5, 5.41) is 0.601. The predicted molar refractivity (Wildman–Crippen MR) is 81.5 cm³/mol. The molecule has 1 fully saturated rings. The molecule has 0 spiro atoms. The average Bonchev–Trinajstić information content (AvgIpc) is 2.33. The van der Waals surface area contributed by atoms with Crippen molar-refractivity contribution in [3.8, 4) is 0 Å². The van der Waals surface area contributed by atoms with Gasteiger partial charge in [-0.15, -0.1) is 0 Å². The summed E-state index contributed by atoms with van der Waals surface area (Å²) in [6, 6.07) is 10.8. The minimum atomic E-state index is 0.601. The van der Waals surface area contributed by atoms with Gasteiger partial charge in [0, 0.05) is 22.8 Å². The van der Waals surface area contributed by atoms with Gasteiger partial charge in [-0.2, -0.15) is 12.6 Å². The zero-order valence-corrected chi connectivity index (χ0v) is 12.4. The molecule has 0 N–H and O–H groups in total. The van der Waals surface area contributed by atoms with Crippen LogP contribution in [0.25, 0.3) is 0 Å². The highest BCUT2D eigenvalue weighted by Gasteiger charge is 2.25. The number of alkyl halides is 1. The van der Waals surface area contributed by atoms with Gasteiger partial charge in [0.05, 0.1) is 0 Å². The van der Waals surface area contributed by atoms with Crippen LogP contribution in [0.15, 0.2) is 30.3 Å². The van der Waals surface area contributed by atoms with E-state index in [0.717, 1.165) is 12.5 Å². The molecule has 1 heterocycles. The highest BCUT2D eigenvalue weighted by molar-refractivity contribution is 14.1. The summed E-state index contributed by atoms with van der Waals surface area (Å²) >= 11 is 7.16. The summed E-state index contributed by atoms with van der Waals surface area (Å²) in [7, 11) is 0. The topological polar surface area (TPSA) is 3.24 Å². The van der Waals surface area contributed by atoms with Crippen molar-refractivity contribution in [2.24, 2.45) is 5.92 Å². The average molecular weight is 347 g/mol. The van der Waals surface area contributed by atoms with Gasteiger partial charge in [-0.05, 0) is 24.4 Å². The minimum absolute atomic E-state index is 0.601. The number of piperidine rings is 1. The fourth-order valence-corrected chi connectivity index (χ4v) is 3.84. The van der Waals surface area contributed by atoms with Crippen LogP contribution in [0.2, 0.25) is 0 Å². The number of likely N-dealkylation sites (tertiary alicyclic amines) is 1. The van der Waals surface area contributed by atoms with E-state index >= 15 is 0 Å². The van der Waals surface area contributed by atoms with Gasteiger partial charge in [0.15, 0.2) is 0 Å². The van der Waals surface area contributed by atoms with Crippen molar-refractivity contribution in [2.75, 3.05) is 17.5 Å². The monoisotopic (exact) mass is 347 g/mol. The SMILES string of the molecule is SC1CCN(Cc2ccccc2)CC1CI. The molecule has 1 aliphatic heterocycles. The Kier molecular flexibility index (Phi) is 4.97. The van der Waals surface area contributed by atoms with Crippen LogP contribution < -0.4 is 0 Å². The van der Waals surface area contributed by atoms with E-state index in [-0.39, 0.29) is 0 Å². The third-order valence-corrected chi connectivity index (χ3v) is 5.04. The molecule has 2 unspecified atom stereocenters. The first-order chi connectivity index (χ1) is 7.79. The highest BCUT2D eigenvalue weighted by Crippen LogP contribution is 2.24. The molecule has 3 heteroatoms. The summed E-state index contributed by atoms with van der Waals surface area (Å²) < 4.78 is 1.22. The number of benzene rings is 1. The smallest absolute Gasteiger partial charge is 0.0233 e. The van der Waals surface area contributed by atoms with E-state index in [2.05, 4.69) is 70.5 Å². The number of halogens is 1. The molecule has 1 aromatic rings. The largest absolute Gasteiger partial charge is 0.299 e. The summed E-state index contributed by atoms with van der Waals surface area (Å²) in [5.74, 6) is 0.751. The second-order valence-electron chi connectivity index (χ2n) is 4.49. The van der Waals surface area contributed by atoms with E-state index in [1.807, 2.05) is 0 Å². The van der Waals surface area contributed by atoms with E-state index < -0.39 is 0 Å². The van der Waals surface area contributed by atoms with Crippen LogP contribution in [0.5, 0.6) is 0 Å². The predicted octanol–water partition coefficient (Wildman–Crippen LogP) is 3.24. The van der Waals surface area contributed by atoms with Crippen molar-refractivity contribution in [3.63, 3.8) is 0 Å². The van der Waals surface area contributed by atoms with Gasteiger partial charge < -0.3 is 0 Å². The quantitative estimate of drug-likeness (QED) is 0.499. The molecule has 0 radical (unpaired) electrons. The fraction of sp³-hybridized carbons (Fsp3) is 0.538. The zero-order chi connectivity index (χ0) is 11.4. The highest BCUT2D eigenvalue weighted by atomic mass is 127. The van der Waals surface area contributed by atoms with Gasteiger partial charge in [-0.1, -0.05) is 52.9 Å². The van der Waals surface area contributed by atoms with Crippen molar-refractivity contribution in [3.05, 3.63) is 35.9 Å². The number of thiol groups is 1. The standard InChI is InChI=1S/C13H18INS/c14-8-12-10-15(7-6-13(12)16)9-11-4-2-1-3-5-11/h1-5,12-13,16H,6-10H2. The summed E-state index contributed by atoms with van der Waals surface area (Å²) in [4.78, 5) is 2.56. The molecule has 88 valence electrons. The number of nitrogens with zero attached hydrogens (tertiary/aromatic N) is 1. The normalized spacial score (nSPS) is 26.9. The Hall–Kier alpha value is 0.260. The molecule has 1 aromatic carbocycles. The Morgan fingerprint density at radius 2 is 2.06 bits per heavy atom. The van der Waals surface area contributed by atoms with Gasteiger partial charge in [0.1, 0.15) is 0 Å². The Morgan fingerprint density at radius 3 is 2.75 bits per heavy atom. The van der Waals surface area contributed by atoms with E-state index in [4.69, 9.17) is 0 Å². The number of hydrogen-bond acceptors (Lipinski definition) is 2. The first-order valence-electron chi connectivity index (χ1n) is 5.80. The molecule has 0 amide bonds. The van der Waals surface area contributed by atoms with E-state index in [0.29, 0.717) is 5.25 Å². The minimum Gasteiger partial charge on any atom is -0.299 e. The molecule has 1 saturated heterocycles. The van der Waals surface area contributed by atoms with Crippen molar-refractivity contribution < 1.29 is 0 Å². The molecule has 0 saturated carbocycles. The number of hydrogen-bond donors (Lipinski definition) is 1. The lowest BCUT2D eigenvalue weighted by Gasteiger charge is -2.35. The Labute approximate surface area is 117 Å². The van der Waals surface area contributed by atoms with Crippen molar-refractivity contribution in [1.29, 1.82) is 0 Å². The molecule has 1 aliphatic rings. The van der Waals surface area contributed by atoms with E-state index in [9.17, 15) is 0 Å². The molecular formula is C13H18INS. The van der Waals surface area contributed by atoms with Crippen molar-refractivity contribution in [2.45, 2.75) is 18.2 Å². The first-order valence-corrected chi connectivity index (χ1v) is 7.84. The van der Waals surface area contributed by atoms with E-state index in [1.165, 1.54) is 29.5 Å². The summed E-state index contributed by atoms with van der Waals surface area (Å²) in [5.41, 5.74) is 1.42. The Bertz CT molecular complexity index is 317. The van der Waals surface area contributed by atoms with Gasteiger partial charge in [0.25, 0.3) is 0 Å². The van der Waals surface area contributed by atoms with Gasteiger partial charge in [-0.3, -0.25) is 4.90 Å². The molecule has 1 nitrogen and oxygen atoms in total. The summed E-state index contributed by atoms with van der Waals surface area (Å²) in [6.45, 7) is 3.48. The van der Waals surface area contributed by atoms with Gasteiger partial charge >= 0.3 is 0 Å². The maximum absolute atomic E-state index is 4.67. The lowest BCUT2D eigenvalue weighted by Crippen LogP contribution is -2.41. The maximum atomic E-state index is 4.67. The van der Waals surface area contributed by atoms with Crippen LogP contribution in [-0.4, -0.2) is 27.7 Å². The van der Waals surface area contributed by atoms with Crippen LogP contribution in [0, 0.1) is 5.92 Å². The zero-order valence-electron chi connectivity index (χ0n) is 9.35. The van der Waals surface area contributed by atoms with Crippen LogP contribution >= 0.6 is 35.2 Å². The third kappa shape index (κ3) is 3.37. The molecule has 16 heavy (non-hydrogen) atoms. The molecule has 2 atom stereocenters. The second kappa shape index (κ2) is 6.26. The lowest BCUT2D eigenvalue weighted by molar-refractivity contribution is 0.186. The van der Waals surface area contributed by atoms with Crippen molar-refractivity contribution >= 4 is 35.2 Å². The first kappa shape index (κ1) is 12.7. The van der Waals surface area contributed by atoms with Crippen molar-refractivity contribution in [1.82, 2.24) is 4.90 Å². The lowest BCUT2D eigenvalue weighted by atomic mass is 9.99. The van der Waals surface area contributed by atoms with Gasteiger partial charge in [-0.25, -0.2) is 0 Å². The summed E-state index contributed by atoms with van der Waals surface area (Å²) in [6.07, 6.45) is 1.23. The third-order valence-electron chi connectivity index (χ3n) is 3.23. The van der Waals surface area contributed by atoms with Crippen LogP contribution in [-0.2, 0) is 6.54 Å². The molecule has 0 aromatic heterocycles. The number of rotatable bonds is 3. The van der Waals surface area contributed by atoms with Crippen LogP contribution in [0.1, 0.15) is 12.0 Å². The Balaban J connectivity index is 1.92. The van der Waals surface area contributed by atoms with Crippen LogP contribution in [0.3, 0.4) is 0 Å². The van der Waals surface area contributed by atoms with Gasteiger partial charge in [0.2, 0.25) is 0 Å². The van der Waals surface area contributed by atoms with Crippen LogP contribution in [0.4, 0.5) is 0 Å². The molecular weight excluding hydrogens is 329 g/mol. The second-order valence-corrected chi connectivity index (χ2v) is 6.04. The van der Waals surface area contributed by atoms with E-state index in [1.54, 1.807) is 0 Å². The molecule has 2 rings (SSSR count). The molecule has 0 bridgehead atoms. The molecule has 0 aliphatic carbocycles.